The van der Waals surface area contributed by atoms with Gasteiger partial charge in [-0.1, -0.05) is 37.6 Å². The largest absolute Gasteiger partial charge is 0.494 e. The number of amides is 1. The normalized spacial score (nSPS) is 10.5. The molecule has 4 nitrogen and oxygen atoms in total. The van der Waals surface area contributed by atoms with Crippen LogP contribution in [-0.2, 0) is 0 Å². The lowest BCUT2D eigenvalue weighted by Crippen LogP contribution is -2.34. The number of ether oxygens (including phenoxy) is 1. The number of anilines is 1. The van der Waals surface area contributed by atoms with E-state index in [0.717, 1.165) is 17.7 Å². The van der Waals surface area contributed by atoms with Crippen molar-refractivity contribution in [3.8, 4) is 5.75 Å². The van der Waals surface area contributed by atoms with Crippen molar-refractivity contribution < 1.29 is 9.53 Å². The first-order valence-electron chi connectivity index (χ1n) is 8.46. The van der Waals surface area contributed by atoms with E-state index >= 15 is 0 Å². The first-order chi connectivity index (χ1) is 12.3. The Morgan fingerprint density at radius 2 is 2.00 bits per heavy atom. The molecule has 0 atom stereocenters. The molecule has 0 radical (unpaired) electrons. The van der Waals surface area contributed by atoms with Crippen LogP contribution in [0.5, 0.6) is 5.75 Å². The van der Waals surface area contributed by atoms with Crippen LogP contribution in [0.2, 0.25) is 5.02 Å². The van der Waals surface area contributed by atoms with Crippen molar-refractivity contribution in [3.63, 3.8) is 0 Å². The average molecular weight is 391 g/mol. The zero-order valence-electron chi connectivity index (χ0n) is 15.1. The van der Waals surface area contributed by atoms with Crippen LogP contribution in [0.25, 0.3) is 0 Å². The summed E-state index contributed by atoms with van der Waals surface area (Å²) in [4.78, 5) is 12.4. The standard InChI is InChI=1S/C20H23ClN2O2S/c1-13(2)9-10-25-17-6-4-5-15(11-17)19(24)23-20(26)22-16-8-7-14(3)18(21)12-16/h4-8,11-13H,9-10H2,1-3H3,(H2,22,23,24,26). The van der Waals surface area contributed by atoms with Gasteiger partial charge in [-0.2, -0.15) is 0 Å². The number of rotatable bonds is 6. The van der Waals surface area contributed by atoms with Gasteiger partial charge in [0.15, 0.2) is 5.11 Å². The molecule has 0 aliphatic rings. The van der Waals surface area contributed by atoms with Crippen molar-refractivity contribution in [2.24, 2.45) is 5.92 Å². The molecule has 0 fully saturated rings. The minimum Gasteiger partial charge on any atom is -0.494 e. The molecule has 0 unspecified atom stereocenters. The Morgan fingerprint density at radius 3 is 2.69 bits per heavy atom. The lowest BCUT2D eigenvalue weighted by atomic mass is 10.1. The Labute approximate surface area is 164 Å². The molecule has 6 heteroatoms. The third-order valence-corrected chi connectivity index (χ3v) is 4.33. The summed E-state index contributed by atoms with van der Waals surface area (Å²) in [5, 5.41) is 6.46. The monoisotopic (exact) mass is 390 g/mol. The van der Waals surface area contributed by atoms with Crippen LogP contribution in [0.4, 0.5) is 5.69 Å². The second-order valence-electron chi connectivity index (χ2n) is 6.43. The third-order valence-electron chi connectivity index (χ3n) is 3.72. The number of carbonyl (C=O) groups excluding carboxylic acids is 1. The van der Waals surface area contributed by atoms with E-state index in [1.807, 2.05) is 25.1 Å². The molecular formula is C20H23ClN2O2S. The van der Waals surface area contributed by atoms with Crippen LogP contribution < -0.4 is 15.4 Å². The number of benzene rings is 2. The second kappa shape index (κ2) is 9.55. The van der Waals surface area contributed by atoms with Crippen LogP contribution in [0.15, 0.2) is 42.5 Å². The lowest BCUT2D eigenvalue weighted by molar-refractivity contribution is 0.0977. The highest BCUT2D eigenvalue weighted by Gasteiger charge is 2.10. The van der Waals surface area contributed by atoms with Gasteiger partial charge in [0, 0.05) is 16.3 Å². The van der Waals surface area contributed by atoms with E-state index in [1.165, 1.54) is 0 Å². The molecule has 0 aliphatic carbocycles. The number of hydrogen-bond acceptors (Lipinski definition) is 3. The van der Waals surface area contributed by atoms with Gasteiger partial charge in [-0.25, -0.2) is 0 Å². The van der Waals surface area contributed by atoms with Crippen molar-refractivity contribution >= 4 is 40.5 Å². The number of halogens is 1. The molecule has 0 aliphatic heterocycles. The number of carbonyl (C=O) groups is 1. The van der Waals surface area contributed by atoms with Crippen LogP contribution in [0, 0.1) is 12.8 Å². The molecule has 2 aromatic carbocycles. The van der Waals surface area contributed by atoms with Gasteiger partial charge in [0.05, 0.1) is 6.61 Å². The zero-order chi connectivity index (χ0) is 19.1. The molecular weight excluding hydrogens is 368 g/mol. The summed E-state index contributed by atoms with van der Waals surface area (Å²) < 4.78 is 5.69. The average Bonchev–Trinajstić information content (AvgIpc) is 2.58. The van der Waals surface area contributed by atoms with E-state index in [-0.39, 0.29) is 11.0 Å². The van der Waals surface area contributed by atoms with Crippen LogP contribution in [0.1, 0.15) is 36.2 Å². The Kier molecular flexibility index (Phi) is 7.42. The van der Waals surface area contributed by atoms with Crippen molar-refractivity contribution in [1.29, 1.82) is 0 Å². The minimum absolute atomic E-state index is 0.209. The first-order valence-corrected chi connectivity index (χ1v) is 9.25. The molecule has 26 heavy (non-hydrogen) atoms. The molecule has 0 spiro atoms. The van der Waals surface area contributed by atoms with Crippen molar-refractivity contribution in [2.75, 3.05) is 11.9 Å². The summed E-state index contributed by atoms with van der Waals surface area (Å²) in [6.45, 7) is 6.82. The van der Waals surface area contributed by atoms with E-state index < -0.39 is 0 Å². The molecule has 2 rings (SSSR count). The van der Waals surface area contributed by atoms with E-state index in [2.05, 4.69) is 24.5 Å². The van der Waals surface area contributed by atoms with Gasteiger partial charge in [0.2, 0.25) is 0 Å². The van der Waals surface area contributed by atoms with Crippen molar-refractivity contribution in [1.82, 2.24) is 5.32 Å². The van der Waals surface area contributed by atoms with Crippen LogP contribution >= 0.6 is 23.8 Å². The number of nitrogens with one attached hydrogen (secondary N) is 2. The van der Waals surface area contributed by atoms with E-state index in [9.17, 15) is 4.79 Å². The zero-order valence-corrected chi connectivity index (χ0v) is 16.7. The highest BCUT2D eigenvalue weighted by atomic mass is 35.5. The minimum atomic E-state index is -0.296. The maximum atomic E-state index is 12.4. The Morgan fingerprint density at radius 1 is 1.23 bits per heavy atom. The van der Waals surface area contributed by atoms with Gasteiger partial charge in [-0.05, 0) is 67.4 Å². The summed E-state index contributed by atoms with van der Waals surface area (Å²) in [5.74, 6) is 0.942. The fourth-order valence-electron chi connectivity index (χ4n) is 2.15. The predicted octanol–water partition coefficient (Wildman–Crippen LogP) is 5.20. The van der Waals surface area contributed by atoms with Gasteiger partial charge in [-0.15, -0.1) is 0 Å². The molecule has 0 aromatic heterocycles. The molecule has 1 amide bonds. The summed E-state index contributed by atoms with van der Waals surface area (Å²) in [6, 6.07) is 12.5. The third kappa shape index (κ3) is 6.32. The van der Waals surface area contributed by atoms with Gasteiger partial charge < -0.3 is 10.1 Å². The highest BCUT2D eigenvalue weighted by Crippen LogP contribution is 2.20. The molecule has 0 bridgehead atoms. The summed E-state index contributed by atoms with van der Waals surface area (Å²) in [5.41, 5.74) is 2.18. The maximum Gasteiger partial charge on any atom is 0.257 e. The smallest absolute Gasteiger partial charge is 0.257 e. The van der Waals surface area contributed by atoms with Crippen molar-refractivity contribution in [3.05, 3.63) is 58.6 Å². The summed E-state index contributed by atoms with van der Waals surface area (Å²) >= 11 is 11.3. The summed E-state index contributed by atoms with van der Waals surface area (Å²) in [7, 11) is 0. The number of hydrogen-bond donors (Lipinski definition) is 2. The highest BCUT2D eigenvalue weighted by molar-refractivity contribution is 7.80. The van der Waals surface area contributed by atoms with E-state index in [0.29, 0.717) is 28.9 Å². The molecule has 2 N–H and O–H groups in total. The van der Waals surface area contributed by atoms with E-state index in [1.54, 1.807) is 24.3 Å². The van der Waals surface area contributed by atoms with Gasteiger partial charge >= 0.3 is 0 Å². The number of aryl methyl sites for hydroxylation is 1. The second-order valence-corrected chi connectivity index (χ2v) is 7.25. The van der Waals surface area contributed by atoms with E-state index in [4.69, 9.17) is 28.6 Å². The maximum absolute atomic E-state index is 12.4. The molecule has 0 saturated heterocycles. The molecule has 0 saturated carbocycles. The molecule has 0 heterocycles. The van der Waals surface area contributed by atoms with Crippen molar-refractivity contribution in [2.45, 2.75) is 27.2 Å². The Hall–Kier alpha value is -2.11. The van der Waals surface area contributed by atoms with Gasteiger partial charge in [-0.3, -0.25) is 10.1 Å². The quantitative estimate of drug-likeness (QED) is 0.665. The van der Waals surface area contributed by atoms with Crippen LogP contribution in [-0.4, -0.2) is 17.6 Å². The molecule has 138 valence electrons. The Bertz CT molecular complexity index is 793. The van der Waals surface area contributed by atoms with Gasteiger partial charge in [0.1, 0.15) is 5.75 Å². The fraction of sp³-hybridized carbons (Fsp3) is 0.300. The van der Waals surface area contributed by atoms with Crippen LogP contribution in [0.3, 0.4) is 0 Å². The SMILES string of the molecule is Cc1ccc(NC(=S)NC(=O)c2cccc(OCCC(C)C)c2)cc1Cl. The Balaban J connectivity index is 1.93. The number of thiocarbonyl (C=S) groups is 1. The fourth-order valence-corrected chi connectivity index (χ4v) is 2.54. The van der Waals surface area contributed by atoms with Gasteiger partial charge in [0.25, 0.3) is 5.91 Å². The first kappa shape index (κ1) is 20.2. The topological polar surface area (TPSA) is 50.4 Å². The molecule has 2 aromatic rings. The predicted molar refractivity (Wildman–Crippen MR) is 111 cm³/mol. The lowest BCUT2D eigenvalue weighted by Gasteiger charge is -2.12. The summed E-state index contributed by atoms with van der Waals surface area (Å²) in [6.07, 6.45) is 0.962.